The highest BCUT2D eigenvalue weighted by Gasteiger charge is 2.22. The molecule has 1 rings (SSSR count). The van der Waals surface area contributed by atoms with Crippen LogP contribution in [0.25, 0.3) is 0 Å². The highest BCUT2D eigenvalue weighted by molar-refractivity contribution is 5.93. The molecule has 1 N–H and O–H groups in total. The van der Waals surface area contributed by atoms with Crippen molar-refractivity contribution in [1.29, 1.82) is 0 Å². The molecule has 0 saturated heterocycles. The zero-order chi connectivity index (χ0) is 15.7. The van der Waals surface area contributed by atoms with Crippen LogP contribution in [0.4, 0.5) is 0 Å². The Balaban J connectivity index is 2.88. The molecule has 6 nitrogen and oxygen atoms in total. The average Bonchev–Trinajstić information content (AvgIpc) is 2.49. The number of rotatable bonds is 9. The lowest BCUT2D eigenvalue weighted by Crippen LogP contribution is -2.27. The summed E-state index contributed by atoms with van der Waals surface area (Å²) in [5.41, 5.74) is 0.0992. The number of ether oxygens (including phenoxy) is 2. The van der Waals surface area contributed by atoms with E-state index in [0.29, 0.717) is 19.1 Å². The molecule has 0 aliphatic rings. The van der Waals surface area contributed by atoms with Crippen LogP contribution >= 0.6 is 0 Å². The molecule has 1 aromatic carbocycles. The Morgan fingerprint density at radius 1 is 1.33 bits per heavy atom. The molecular formula is C15H18O6. The Morgan fingerprint density at radius 2 is 2.05 bits per heavy atom. The third kappa shape index (κ3) is 5.25. The molecule has 0 aliphatic carbocycles. The second kappa shape index (κ2) is 8.73. The summed E-state index contributed by atoms with van der Waals surface area (Å²) in [5.74, 6) is -1.67. The minimum Gasteiger partial charge on any atom is -0.479 e. The third-order valence-corrected chi connectivity index (χ3v) is 2.75. The lowest BCUT2D eigenvalue weighted by Gasteiger charge is -2.16. The number of unbranched alkanes of at least 4 members (excludes halogenated alkanes) is 1. The molecule has 114 valence electrons. The van der Waals surface area contributed by atoms with Gasteiger partial charge in [0, 0.05) is 0 Å². The van der Waals surface area contributed by atoms with Gasteiger partial charge in [-0.25, -0.2) is 9.59 Å². The molecule has 0 fully saturated rings. The Labute approximate surface area is 122 Å². The fourth-order valence-corrected chi connectivity index (χ4v) is 1.70. The van der Waals surface area contributed by atoms with Gasteiger partial charge in [0.1, 0.15) is 17.9 Å². The second-order valence-corrected chi connectivity index (χ2v) is 4.35. The highest BCUT2D eigenvalue weighted by atomic mass is 16.5. The molecule has 6 heteroatoms. The number of hydrogen-bond donors (Lipinski definition) is 1. The van der Waals surface area contributed by atoms with E-state index in [-0.39, 0.29) is 17.9 Å². The number of aliphatic carboxylic acids is 1. The number of benzene rings is 1. The van der Waals surface area contributed by atoms with Crippen LogP contribution in [0.15, 0.2) is 24.3 Å². The summed E-state index contributed by atoms with van der Waals surface area (Å²) < 4.78 is 10.1. The maximum atomic E-state index is 11.8. The Bertz CT molecular complexity index is 497. The molecule has 0 aromatic heterocycles. The van der Waals surface area contributed by atoms with Crippen LogP contribution in [0.5, 0.6) is 5.75 Å². The molecule has 1 atom stereocenters. The van der Waals surface area contributed by atoms with E-state index in [1.807, 2.05) is 6.92 Å². The van der Waals surface area contributed by atoms with E-state index in [9.17, 15) is 14.4 Å². The molecule has 1 aromatic rings. The number of carboxylic acids is 1. The molecule has 0 bridgehead atoms. The fourth-order valence-electron chi connectivity index (χ4n) is 1.70. The zero-order valence-electron chi connectivity index (χ0n) is 11.8. The summed E-state index contributed by atoms with van der Waals surface area (Å²) in [7, 11) is 0. The Hall–Kier alpha value is -2.37. The van der Waals surface area contributed by atoms with E-state index in [1.165, 1.54) is 12.1 Å². The fraction of sp³-hybridized carbons (Fsp3) is 0.400. The zero-order valence-corrected chi connectivity index (χ0v) is 11.8. The van der Waals surface area contributed by atoms with Gasteiger partial charge in [0.05, 0.1) is 0 Å². The quantitative estimate of drug-likeness (QED) is 0.554. The van der Waals surface area contributed by atoms with Crippen molar-refractivity contribution in [3.05, 3.63) is 29.8 Å². The average molecular weight is 294 g/mol. The van der Waals surface area contributed by atoms with Gasteiger partial charge in [0.2, 0.25) is 0 Å². The van der Waals surface area contributed by atoms with Crippen LogP contribution in [-0.2, 0) is 14.3 Å². The van der Waals surface area contributed by atoms with Crippen molar-refractivity contribution in [2.45, 2.75) is 32.3 Å². The van der Waals surface area contributed by atoms with E-state index in [1.54, 1.807) is 12.1 Å². The van der Waals surface area contributed by atoms with Gasteiger partial charge in [0.25, 0.3) is 0 Å². The molecular weight excluding hydrogens is 276 g/mol. The smallest absolute Gasteiger partial charge is 0.344 e. The molecule has 0 saturated carbocycles. The van der Waals surface area contributed by atoms with Gasteiger partial charge in [-0.05, 0) is 25.0 Å². The number of para-hydroxylation sites is 1. The number of carboxylic acid groups (broad SMARTS) is 1. The molecule has 1 unspecified atom stereocenters. The van der Waals surface area contributed by atoms with E-state index in [2.05, 4.69) is 0 Å². The van der Waals surface area contributed by atoms with Gasteiger partial charge in [-0.2, -0.15) is 0 Å². The van der Waals surface area contributed by atoms with E-state index >= 15 is 0 Å². The summed E-state index contributed by atoms with van der Waals surface area (Å²) in [6.07, 6.45) is 1.34. The maximum Gasteiger partial charge on any atom is 0.344 e. The summed E-state index contributed by atoms with van der Waals surface area (Å²) >= 11 is 0. The molecule has 0 amide bonds. The summed E-state index contributed by atoms with van der Waals surface area (Å²) in [4.78, 5) is 33.2. The number of carbonyl (C=O) groups excluding carboxylic acids is 2. The van der Waals surface area contributed by atoms with E-state index in [4.69, 9.17) is 14.6 Å². The van der Waals surface area contributed by atoms with Gasteiger partial charge in [0.15, 0.2) is 12.4 Å². The van der Waals surface area contributed by atoms with Gasteiger partial charge < -0.3 is 14.6 Å². The summed E-state index contributed by atoms with van der Waals surface area (Å²) in [6, 6.07) is 6.19. The van der Waals surface area contributed by atoms with Gasteiger partial charge in [-0.1, -0.05) is 25.5 Å². The van der Waals surface area contributed by atoms with E-state index < -0.39 is 18.0 Å². The first-order valence-electron chi connectivity index (χ1n) is 6.69. The molecule has 21 heavy (non-hydrogen) atoms. The first kappa shape index (κ1) is 16.7. The van der Waals surface area contributed by atoms with Crippen molar-refractivity contribution in [3.63, 3.8) is 0 Å². The van der Waals surface area contributed by atoms with Gasteiger partial charge >= 0.3 is 11.9 Å². The Morgan fingerprint density at radius 3 is 2.67 bits per heavy atom. The van der Waals surface area contributed by atoms with Crippen molar-refractivity contribution >= 4 is 18.2 Å². The van der Waals surface area contributed by atoms with E-state index in [0.717, 1.165) is 6.42 Å². The second-order valence-electron chi connectivity index (χ2n) is 4.35. The Kier molecular flexibility index (Phi) is 6.94. The minimum absolute atomic E-state index is 0.0992. The normalized spacial score (nSPS) is 11.5. The van der Waals surface area contributed by atoms with Crippen LogP contribution in [0.1, 0.15) is 36.5 Å². The summed E-state index contributed by atoms with van der Waals surface area (Å²) in [5, 5.41) is 9.14. The first-order chi connectivity index (χ1) is 10.1. The van der Waals surface area contributed by atoms with Crippen molar-refractivity contribution in [2.24, 2.45) is 0 Å². The van der Waals surface area contributed by atoms with Crippen LogP contribution < -0.4 is 4.74 Å². The highest BCUT2D eigenvalue weighted by Crippen LogP contribution is 2.22. The largest absolute Gasteiger partial charge is 0.479 e. The van der Waals surface area contributed by atoms with Gasteiger partial charge in [-0.3, -0.25) is 4.79 Å². The molecule has 0 radical (unpaired) electrons. The number of aldehydes is 1. The van der Waals surface area contributed by atoms with Crippen LogP contribution in [0.2, 0.25) is 0 Å². The SMILES string of the molecule is CCCCC(Oc1ccccc1C(=O)OCC=O)C(=O)O. The lowest BCUT2D eigenvalue weighted by molar-refractivity contribution is -0.145. The molecule has 0 heterocycles. The molecule has 0 spiro atoms. The van der Waals surface area contributed by atoms with Crippen molar-refractivity contribution in [1.82, 2.24) is 0 Å². The summed E-state index contributed by atoms with van der Waals surface area (Å²) in [6.45, 7) is 1.59. The topological polar surface area (TPSA) is 89.9 Å². The number of carbonyl (C=O) groups is 3. The monoisotopic (exact) mass is 294 g/mol. The van der Waals surface area contributed by atoms with Crippen LogP contribution in [0.3, 0.4) is 0 Å². The minimum atomic E-state index is -1.08. The predicted octanol–water partition coefficient (Wildman–Crippen LogP) is 2.06. The third-order valence-electron chi connectivity index (χ3n) is 2.75. The van der Waals surface area contributed by atoms with Crippen molar-refractivity contribution < 1.29 is 29.0 Å². The van der Waals surface area contributed by atoms with Crippen molar-refractivity contribution in [3.8, 4) is 5.75 Å². The lowest BCUT2D eigenvalue weighted by atomic mass is 10.1. The van der Waals surface area contributed by atoms with Crippen LogP contribution in [-0.4, -0.2) is 36.0 Å². The number of hydrogen-bond acceptors (Lipinski definition) is 5. The van der Waals surface area contributed by atoms with Gasteiger partial charge in [-0.15, -0.1) is 0 Å². The molecule has 0 aliphatic heterocycles. The number of esters is 1. The predicted molar refractivity (Wildman–Crippen MR) is 74.4 cm³/mol. The first-order valence-corrected chi connectivity index (χ1v) is 6.69. The maximum absolute atomic E-state index is 11.8. The standard InChI is InChI=1S/C15H18O6/c1-2-3-7-13(14(17)18)21-12-8-5-4-6-11(12)15(19)20-10-9-16/h4-6,8-9,13H,2-3,7,10H2,1H3,(H,17,18). The van der Waals surface area contributed by atoms with Crippen molar-refractivity contribution in [2.75, 3.05) is 6.61 Å². The van der Waals surface area contributed by atoms with Crippen LogP contribution in [0, 0.1) is 0 Å².